The van der Waals surface area contributed by atoms with Crippen molar-refractivity contribution >= 4 is 40.3 Å². The number of nitrogens with zero attached hydrogens (tertiary/aromatic N) is 11. The molecule has 0 N–H and O–H groups in total. The Morgan fingerprint density at radius 1 is 0.596 bits per heavy atom. The minimum absolute atomic E-state index is 0. The molecule has 11 nitrogen and oxygen atoms in total. The number of aryl methyl sites for hydroxylation is 2. The van der Waals surface area contributed by atoms with Crippen molar-refractivity contribution in [2.45, 2.75) is 26.7 Å². The Labute approximate surface area is 317 Å². The van der Waals surface area contributed by atoms with Crippen LogP contribution in [0.15, 0.2) is 110 Å². The standard InChI is InChI=1S/C26H22N8.C14H12N3.Ir/c1-3-9-21(10-4-1)33-19-31(23-25(33)29-15-13-27-23)17-7-8-18-32-20-34(22-11-5-2-6-12-22)26-24(32)28-14-16-30-26;1-10-11(2)17-9-8-15-13(14(17)16-10)12-6-4-3-5-7-12;/h1-6,9,11,13-16,19-20H,7-8,17-18H2;3-6,8-9H,1-2H3;/q-4;-1;. The molecule has 6 heterocycles. The zero-order valence-electron chi connectivity index (χ0n) is 28.6. The van der Waals surface area contributed by atoms with Gasteiger partial charge in [-0.2, -0.15) is 60.7 Å². The average molecular weight is 861 g/mol. The number of unbranched alkanes of at least 4 members (excludes halogenated alkanes) is 1. The van der Waals surface area contributed by atoms with E-state index >= 15 is 0 Å². The molecule has 0 fully saturated rings. The molecule has 0 amide bonds. The van der Waals surface area contributed by atoms with Crippen molar-refractivity contribution in [2.24, 2.45) is 0 Å². The van der Waals surface area contributed by atoms with Crippen LogP contribution in [0, 0.1) is 45.4 Å². The van der Waals surface area contributed by atoms with E-state index < -0.39 is 0 Å². The van der Waals surface area contributed by atoms with Gasteiger partial charge in [0.2, 0.25) is 0 Å². The Balaban J connectivity index is 0.000000196. The predicted molar refractivity (Wildman–Crippen MR) is 198 cm³/mol. The van der Waals surface area contributed by atoms with Crippen LogP contribution in [-0.4, -0.2) is 47.4 Å². The smallest absolute Gasteiger partial charge is 0.143 e. The van der Waals surface area contributed by atoms with Crippen LogP contribution < -0.4 is 19.6 Å². The third-order valence-corrected chi connectivity index (χ3v) is 8.77. The van der Waals surface area contributed by atoms with Crippen LogP contribution in [0.3, 0.4) is 0 Å². The second kappa shape index (κ2) is 15.7. The van der Waals surface area contributed by atoms with Gasteiger partial charge in [0.1, 0.15) is 28.9 Å². The van der Waals surface area contributed by atoms with Crippen LogP contribution in [-0.2, 0) is 20.1 Å². The molecule has 263 valence electrons. The topological polar surface area (TPSA) is 94.7 Å². The summed E-state index contributed by atoms with van der Waals surface area (Å²) in [5, 5.41) is 0. The molecule has 9 rings (SSSR count). The number of rotatable bonds is 8. The fourth-order valence-corrected chi connectivity index (χ4v) is 6.14. The summed E-state index contributed by atoms with van der Waals surface area (Å²) in [6, 6.07) is 33.4. The molecule has 12 heteroatoms. The van der Waals surface area contributed by atoms with Gasteiger partial charge in [0.25, 0.3) is 0 Å². The second-order valence-electron chi connectivity index (χ2n) is 12.0. The maximum absolute atomic E-state index is 4.58. The van der Waals surface area contributed by atoms with E-state index in [0.29, 0.717) is 0 Å². The molecule has 2 aliphatic heterocycles. The van der Waals surface area contributed by atoms with Crippen molar-refractivity contribution in [3.05, 3.63) is 153 Å². The first-order chi connectivity index (χ1) is 25.2. The molecule has 2 aliphatic rings. The van der Waals surface area contributed by atoms with E-state index in [1.54, 1.807) is 31.0 Å². The summed E-state index contributed by atoms with van der Waals surface area (Å²) in [6.07, 6.45) is 12.6. The number of hydrogen-bond donors (Lipinski definition) is 0. The van der Waals surface area contributed by atoms with Crippen molar-refractivity contribution in [3.8, 4) is 11.3 Å². The van der Waals surface area contributed by atoms with Gasteiger partial charge in [-0.15, -0.1) is 60.6 Å². The molecule has 0 spiro atoms. The molecule has 0 atom stereocenters. The molecule has 7 aromatic rings. The first-order valence-electron chi connectivity index (χ1n) is 16.8. The van der Waals surface area contributed by atoms with Crippen molar-refractivity contribution in [1.82, 2.24) is 34.3 Å². The summed E-state index contributed by atoms with van der Waals surface area (Å²) in [6.45, 7) is 9.88. The Bertz CT molecular complexity index is 2130. The number of hydrogen-bond acceptors (Lipinski definition) is 10. The van der Waals surface area contributed by atoms with Gasteiger partial charge in [-0.1, -0.05) is 0 Å². The van der Waals surface area contributed by atoms with Crippen molar-refractivity contribution in [1.29, 1.82) is 0 Å². The van der Waals surface area contributed by atoms with Gasteiger partial charge in [-0.3, -0.25) is 4.98 Å². The Morgan fingerprint density at radius 2 is 1.12 bits per heavy atom. The minimum Gasteiger partial charge on any atom is -0.485 e. The fraction of sp³-hybridized carbons (Fsp3) is 0.150. The maximum atomic E-state index is 4.58. The van der Waals surface area contributed by atoms with E-state index in [1.807, 2.05) is 95.7 Å². The van der Waals surface area contributed by atoms with Gasteiger partial charge < -0.3 is 24.0 Å². The number of anilines is 6. The van der Waals surface area contributed by atoms with Crippen LogP contribution in [0.1, 0.15) is 24.2 Å². The van der Waals surface area contributed by atoms with E-state index in [1.165, 1.54) is 0 Å². The summed E-state index contributed by atoms with van der Waals surface area (Å²) in [5.74, 6) is 3.40. The number of para-hydroxylation sites is 2. The van der Waals surface area contributed by atoms with Gasteiger partial charge in [-0.05, 0) is 39.8 Å². The third-order valence-electron chi connectivity index (χ3n) is 8.77. The van der Waals surface area contributed by atoms with Crippen molar-refractivity contribution < 1.29 is 20.1 Å². The predicted octanol–water partition coefficient (Wildman–Crippen LogP) is 7.31. The largest absolute Gasteiger partial charge is 0.485 e. The van der Waals surface area contributed by atoms with Gasteiger partial charge in [0.15, 0.2) is 0 Å². The molecule has 3 aromatic carbocycles. The van der Waals surface area contributed by atoms with Gasteiger partial charge in [0, 0.05) is 68.7 Å². The molecule has 0 aliphatic carbocycles. The first-order valence-corrected chi connectivity index (χ1v) is 16.8. The minimum atomic E-state index is 0. The molecule has 52 heavy (non-hydrogen) atoms. The van der Waals surface area contributed by atoms with Crippen molar-refractivity contribution in [2.75, 3.05) is 32.7 Å². The molecule has 0 saturated heterocycles. The second-order valence-corrected chi connectivity index (χ2v) is 12.0. The number of aromatic nitrogens is 7. The summed E-state index contributed by atoms with van der Waals surface area (Å²) in [5.41, 5.74) is 6.84. The summed E-state index contributed by atoms with van der Waals surface area (Å²) < 4.78 is 2.07. The zero-order chi connectivity index (χ0) is 34.6. The normalized spacial score (nSPS) is 13.0. The monoisotopic (exact) mass is 861 g/mol. The molecular formula is C40H34IrN11-5. The van der Waals surface area contributed by atoms with Crippen LogP contribution in [0.4, 0.5) is 34.6 Å². The Hall–Kier alpha value is -5.71. The van der Waals surface area contributed by atoms with Crippen molar-refractivity contribution in [3.63, 3.8) is 0 Å². The van der Waals surface area contributed by atoms with Crippen LogP contribution in [0.25, 0.3) is 16.9 Å². The summed E-state index contributed by atoms with van der Waals surface area (Å²) in [4.78, 5) is 35.7. The zero-order valence-corrected chi connectivity index (χ0v) is 31.0. The van der Waals surface area contributed by atoms with Crippen LogP contribution >= 0.6 is 0 Å². The van der Waals surface area contributed by atoms with Gasteiger partial charge in [-0.25, -0.2) is 24.9 Å². The third kappa shape index (κ3) is 6.95. The fourth-order valence-electron chi connectivity index (χ4n) is 6.14. The van der Waals surface area contributed by atoms with E-state index in [4.69, 9.17) is 0 Å². The SMILES string of the molecule is Cc1nc2c(-c3[c-]cccc3)nccn2c1C.[Ir].[c-]1ccccc1N1[CH-]N(CCCCN2[CH-]N(c3[c-]cccc3)c3nccnc32)c2nccnc21. The van der Waals surface area contributed by atoms with Gasteiger partial charge >= 0.3 is 0 Å². The first kappa shape index (κ1) is 34.7. The Kier molecular flexibility index (Phi) is 10.5. The maximum Gasteiger partial charge on any atom is 0.143 e. The molecular weight excluding hydrogens is 827 g/mol. The molecule has 0 bridgehead atoms. The molecule has 4 aromatic heterocycles. The average Bonchev–Trinajstić information content (AvgIpc) is 3.85. The molecule has 0 unspecified atom stereocenters. The number of fused-ring (bicyclic) bond motifs is 3. The quantitative estimate of drug-likeness (QED) is 0.114. The van der Waals surface area contributed by atoms with E-state index in [0.717, 1.165) is 88.9 Å². The van der Waals surface area contributed by atoms with Gasteiger partial charge in [0.05, 0.1) is 5.69 Å². The Morgan fingerprint density at radius 3 is 1.62 bits per heavy atom. The van der Waals surface area contributed by atoms with E-state index in [2.05, 4.69) is 82.6 Å². The van der Waals surface area contributed by atoms with Crippen LogP contribution in [0.5, 0.6) is 0 Å². The van der Waals surface area contributed by atoms with E-state index in [-0.39, 0.29) is 20.1 Å². The van der Waals surface area contributed by atoms with Crippen LogP contribution in [0.2, 0.25) is 0 Å². The molecule has 1 radical (unpaired) electrons. The number of imidazole rings is 1. The van der Waals surface area contributed by atoms with E-state index in [9.17, 15) is 0 Å². The number of benzene rings is 3. The molecule has 0 saturated carbocycles. The summed E-state index contributed by atoms with van der Waals surface area (Å²) in [7, 11) is 0. The summed E-state index contributed by atoms with van der Waals surface area (Å²) >= 11 is 0.